The normalized spacial score (nSPS) is 16.8. The zero-order valence-corrected chi connectivity index (χ0v) is 13.6. The lowest BCUT2D eigenvalue weighted by molar-refractivity contribution is 0.00326. The van der Waals surface area contributed by atoms with E-state index in [1.165, 1.54) is 16.8 Å². The van der Waals surface area contributed by atoms with E-state index in [4.69, 9.17) is 4.74 Å². The molecular weight excluding hydrogens is 298 g/mol. The van der Waals surface area contributed by atoms with Gasteiger partial charge in [-0.05, 0) is 11.1 Å². The molecule has 24 heavy (non-hydrogen) atoms. The molecule has 4 nitrogen and oxygen atoms in total. The van der Waals surface area contributed by atoms with Crippen molar-refractivity contribution in [3.05, 3.63) is 78.2 Å². The molecule has 4 rings (SSSR count). The predicted octanol–water partition coefficient (Wildman–Crippen LogP) is 3.24. The number of ether oxygens (including phenoxy) is 1. The third kappa shape index (κ3) is 3.25. The second-order valence-electron chi connectivity index (χ2n) is 6.09. The van der Waals surface area contributed by atoms with E-state index in [9.17, 15) is 0 Å². The Hall–Kier alpha value is -2.43. The molecule has 1 N–H and O–H groups in total. The van der Waals surface area contributed by atoms with Crippen molar-refractivity contribution in [1.82, 2.24) is 14.9 Å². The van der Waals surface area contributed by atoms with Crippen molar-refractivity contribution < 1.29 is 4.74 Å². The van der Waals surface area contributed by atoms with Gasteiger partial charge < -0.3 is 14.6 Å². The van der Waals surface area contributed by atoms with E-state index >= 15 is 0 Å². The van der Waals surface area contributed by atoms with Crippen molar-refractivity contribution in [2.24, 2.45) is 0 Å². The van der Waals surface area contributed by atoms with Crippen molar-refractivity contribution in [1.29, 1.82) is 0 Å². The monoisotopic (exact) mass is 319 g/mol. The highest BCUT2D eigenvalue weighted by atomic mass is 16.5. The average Bonchev–Trinajstić information content (AvgIpc) is 3.07. The summed E-state index contributed by atoms with van der Waals surface area (Å²) in [5, 5.41) is 3.49. The van der Waals surface area contributed by atoms with Crippen LogP contribution in [0.5, 0.6) is 0 Å². The highest BCUT2D eigenvalue weighted by Crippen LogP contribution is 2.24. The Morgan fingerprint density at radius 2 is 1.79 bits per heavy atom. The third-order valence-corrected chi connectivity index (χ3v) is 4.39. The number of rotatable bonds is 5. The molecule has 1 atom stereocenters. The van der Waals surface area contributed by atoms with Crippen molar-refractivity contribution >= 4 is 0 Å². The van der Waals surface area contributed by atoms with E-state index in [0.717, 1.165) is 25.5 Å². The minimum atomic E-state index is 0.165. The lowest BCUT2D eigenvalue weighted by Gasteiger charge is -2.26. The van der Waals surface area contributed by atoms with E-state index in [2.05, 4.69) is 63.4 Å². The first-order valence-electron chi connectivity index (χ1n) is 8.36. The molecule has 0 aliphatic carbocycles. The number of benzene rings is 2. The number of aromatic nitrogens is 2. The van der Waals surface area contributed by atoms with Crippen LogP contribution in [0.3, 0.4) is 0 Å². The van der Waals surface area contributed by atoms with Gasteiger partial charge in [0.25, 0.3) is 0 Å². The smallest absolute Gasteiger partial charge is 0.135 e. The molecule has 1 aromatic heterocycles. The van der Waals surface area contributed by atoms with Gasteiger partial charge in [0.05, 0.1) is 24.5 Å². The van der Waals surface area contributed by atoms with Crippen LogP contribution in [-0.4, -0.2) is 22.2 Å². The van der Waals surface area contributed by atoms with E-state index in [-0.39, 0.29) is 6.10 Å². The Kier molecular flexibility index (Phi) is 4.40. The maximum atomic E-state index is 5.95. The van der Waals surface area contributed by atoms with Crippen LogP contribution < -0.4 is 5.32 Å². The zero-order valence-electron chi connectivity index (χ0n) is 13.6. The maximum absolute atomic E-state index is 5.95. The Labute approximate surface area is 142 Å². The third-order valence-electron chi connectivity index (χ3n) is 4.39. The van der Waals surface area contributed by atoms with Crippen LogP contribution in [0, 0.1) is 0 Å². The molecule has 0 unspecified atom stereocenters. The summed E-state index contributed by atoms with van der Waals surface area (Å²) >= 11 is 0. The van der Waals surface area contributed by atoms with Crippen molar-refractivity contribution in [3.63, 3.8) is 0 Å². The summed E-state index contributed by atoms with van der Waals surface area (Å²) in [5.41, 5.74) is 3.66. The molecule has 0 fully saturated rings. The van der Waals surface area contributed by atoms with Gasteiger partial charge in [0.1, 0.15) is 12.4 Å². The van der Waals surface area contributed by atoms with Crippen LogP contribution in [0.4, 0.5) is 0 Å². The molecule has 0 saturated carbocycles. The summed E-state index contributed by atoms with van der Waals surface area (Å²) in [7, 11) is 0. The molecule has 0 saturated heterocycles. The van der Waals surface area contributed by atoms with Crippen LogP contribution in [0.25, 0.3) is 11.3 Å². The number of imidazole rings is 1. The number of fused-ring (bicyclic) bond motifs is 1. The quantitative estimate of drug-likeness (QED) is 0.785. The van der Waals surface area contributed by atoms with Gasteiger partial charge >= 0.3 is 0 Å². The maximum Gasteiger partial charge on any atom is 0.135 e. The topological polar surface area (TPSA) is 39.1 Å². The highest BCUT2D eigenvalue weighted by Gasteiger charge is 2.22. The zero-order chi connectivity index (χ0) is 16.2. The van der Waals surface area contributed by atoms with Gasteiger partial charge in [-0.1, -0.05) is 60.7 Å². The molecule has 0 spiro atoms. The molecule has 0 amide bonds. The fraction of sp³-hybridized carbons (Fsp3) is 0.250. The fourth-order valence-electron chi connectivity index (χ4n) is 3.12. The van der Waals surface area contributed by atoms with Crippen molar-refractivity contribution in [3.8, 4) is 11.3 Å². The summed E-state index contributed by atoms with van der Waals surface area (Å²) in [4.78, 5) is 4.51. The molecule has 122 valence electrons. The number of hydrogen-bond acceptors (Lipinski definition) is 3. The molecule has 2 heterocycles. The molecule has 1 aliphatic heterocycles. The molecule has 0 bridgehead atoms. The number of nitrogens with one attached hydrogen (secondary N) is 1. The fourth-order valence-corrected chi connectivity index (χ4v) is 3.12. The first-order chi connectivity index (χ1) is 11.9. The summed E-state index contributed by atoms with van der Waals surface area (Å²) in [6, 6.07) is 20.9. The second kappa shape index (κ2) is 6.99. The minimum Gasteiger partial charge on any atom is -0.367 e. The standard InChI is InChI=1S/C20H21N3O/c1-3-7-16(8-4-1)11-21-12-18-14-23-19(13-22-20(23)15-24-18)17-9-5-2-6-10-17/h1-10,13,18,21H,11-12,14-15H2/t18-/m0/s1. The Balaban J connectivity index is 1.41. The molecular formula is C20H21N3O. The molecule has 3 aromatic rings. The van der Waals surface area contributed by atoms with E-state index in [1.807, 2.05) is 18.3 Å². The Bertz CT molecular complexity index is 783. The van der Waals surface area contributed by atoms with Crippen LogP contribution in [-0.2, 0) is 24.4 Å². The second-order valence-corrected chi connectivity index (χ2v) is 6.09. The van der Waals surface area contributed by atoms with Gasteiger partial charge in [0.2, 0.25) is 0 Å². The van der Waals surface area contributed by atoms with Crippen molar-refractivity contribution in [2.45, 2.75) is 25.8 Å². The number of nitrogens with zero attached hydrogens (tertiary/aromatic N) is 2. The molecule has 1 aliphatic rings. The SMILES string of the molecule is c1ccc(CNC[C@H]2Cn3c(-c4ccccc4)cnc3CO2)cc1. The summed E-state index contributed by atoms with van der Waals surface area (Å²) < 4.78 is 8.23. The summed E-state index contributed by atoms with van der Waals surface area (Å²) in [6.07, 6.45) is 2.12. The van der Waals surface area contributed by atoms with Gasteiger partial charge in [0.15, 0.2) is 0 Å². The van der Waals surface area contributed by atoms with Crippen LogP contribution in [0.2, 0.25) is 0 Å². The van der Waals surface area contributed by atoms with Crippen molar-refractivity contribution in [2.75, 3.05) is 6.54 Å². The van der Waals surface area contributed by atoms with Gasteiger partial charge in [-0.15, -0.1) is 0 Å². The highest BCUT2D eigenvalue weighted by molar-refractivity contribution is 5.59. The Morgan fingerprint density at radius 1 is 1.04 bits per heavy atom. The van der Waals surface area contributed by atoms with E-state index in [0.29, 0.717) is 6.61 Å². The summed E-state index contributed by atoms with van der Waals surface area (Å²) in [5.74, 6) is 1.01. The van der Waals surface area contributed by atoms with Gasteiger partial charge in [-0.3, -0.25) is 0 Å². The van der Waals surface area contributed by atoms with E-state index < -0.39 is 0 Å². The molecule has 2 aromatic carbocycles. The van der Waals surface area contributed by atoms with Gasteiger partial charge in [0, 0.05) is 13.1 Å². The average molecular weight is 319 g/mol. The lowest BCUT2D eigenvalue weighted by Crippen LogP contribution is -2.36. The largest absolute Gasteiger partial charge is 0.367 e. The van der Waals surface area contributed by atoms with Crippen LogP contribution >= 0.6 is 0 Å². The molecule has 0 radical (unpaired) electrons. The van der Waals surface area contributed by atoms with Gasteiger partial charge in [-0.25, -0.2) is 4.98 Å². The molecule has 4 heteroatoms. The lowest BCUT2D eigenvalue weighted by atomic mass is 10.1. The summed E-state index contributed by atoms with van der Waals surface area (Å²) in [6.45, 7) is 3.11. The van der Waals surface area contributed by atoms with Crippen LogP contribution in [0.15, 0.2) is 66.9 Å². The van der Waals surface area contributed by atoms with E-state index in [1.54, 1.807) is 0 Å². The first kappa shape index (κ1) is 15.1. The predicted molar refractivity (Wildman–Crippen MR) is 94.4 cm³/mol. The van der Waals surface area contributed by atoms with Crippen LogP contribution in [0.1, 0.15) is 11.4 Å². The minimum absolute atomic E-state index is 0.165. The first-order valence-corrected chi connectivity index (χ1v) is 8.36. The Morgan fingerprint density at radius 3 is 2.58 bits per heavy atom. The van der Waals surface area contributed by atoms with Gasteiger partial charge in [-0.2, -0.15) is 0 Å². The number of hydrogen-bond donors (Lipinski definition) is 1.